The van der Waals surface area contributed by atoms with Crippen LogP contribution < -0.4 is 0 Å². The number of carbonyl (C=O) groups is 1. The first-order valence-corrected chi connectivity index (χ1v) is 6.60. The fraction of sp³-hybridized carbons (Fsp3) is 0.133. The molecule has 0 N–H and O–H groups in total. The molecule has 110 valence electrons. The van der Waals surface area contributed by atoms with Crippen molar-refractivity contribution in [1.29, 1.82) is 0 Å². The summed E-state index contributed by atoms with van der Waals surface area (Å²) in [6.07, 6.45) is 3.55. The summed E-state index contributed by atoms with van der Waals surface area (Å²) in [7, 11) is 0. The second kappa shape index (κ2) is 6.13. The third-order valence-corrected chi connectivity index (χ3v) is 2.87. The minimum absolute atomic E-state index is 0.122. The number of hydrogen-bond acceptors (Lipinski definition) is 7. The van der Waals surface area contributed by atoms with Crippen LogP contribution in [0.15, 0.2) is 53.3 Å². The lowest BCUT2D eigenvalue weighted by Gasteiger charge is -2.08. The molecular formula is C15H12N4O3. The maximum atomic E-state index is 11.9. The normalized spacial score (nSPS) is 11.9. The van der Waals surface area contributed by atoms with E-state index in [9.17, 15) is 4.79 Å². The Bertz CT molecular complexity index is 759. The molecule has 0 aliphatic carbocycles. The van der Waals surface area contributed by atoms with Gasteiger partial charge >= 0.3 is 5.97 Å². The van der Waals surface area contributed by atoms with Crippen LogP contribution in [0, 0.1) is 0 Å². The Morgan fingerprint density at radius 3 is 2.73 bits per heavy atom. The number of ether oxygens (including phenoxy) is 1. The van der Waals surface area contributed by atoms with Crippen molar-refractivity contribution < 1.29 is 13.9 Å². The van der Waals surface area contributed by atoms with E-state index >= 15 is 0 Å². The third-order valence-electron chi connectivity index (χ3n) is 2.87. The molecule has 0 aliphatic heterocycles. The van der Waals surface area contributed by atoms with Gasteiger partial charge in [-0.15, -0.1) is 10.2 Å². The van der Waals surface area contributed by atoms with E-state index in [2.05, 4.69) is 20.2 Å². The standard InChI is InChI=1S/C15H12N4O3/c1-10(21-15(20)12-9-16-7-8-17-12)13-18-19-14(22-13)11-5-3-2-4-6-11/h2-10H,1H3/t10-/m1/s1. The first kappa shape index (κ1) is 13.9. The summed E-state index contributed by atoms with van der Waals surface area (Å²) < 4.78 is 10.8. The monoisotopic (exact) mass is 296 g/mol. The van der Waals surface area contributed by atoms with Gasteiger partial charge in [0, 0.05) is 18.0 Å². The smallest absolute Gasteiger partial charge is 0.359 e. The molecular weight excluding hydrogens is 284 g/mol. The maximum absolute atomic E-state index is 11.9. The van der Waals surface area contributed by atoms with Gasteiger partial charge in [0.1, 0.15) is 0 Å². The van der Waals surface area contributed by atoms with E-state index in [-0.39, 0.29) is 11.6 Å². The number of benzene rings is 1. The molecule has 1 atom stereocenters. The van der Waals surface area contributed by atoms with Crippen molar-refractivity contribution in [2.75, 3.05) is 0 Å². The number of carbonyl (C=O) groups excluding carboxylic acids is 1. The molecule has 0 saturated heterocycles. The highest BCUT2D eigenvalue weighted by Crippen LogP contribution is 2.22. The van der Waals surface area contributed by atoms with Crippen LogP contribution in [0.3, 0.4) is 0 Å². The number of esters is 1. The molecule has 2 heterocycles. The Hall–Kier alpha value is -3.09. The molecule has 1 aromatic carbocycles. The maximum Gasteiger partial charge on any atom is 0.359 e. The van der Waals surface area contributed by atoms with E-state index in [4.69, 9.17) is 9.15 Å². The molecule has 0 spiro atoms. The van der Waals surface area contributed by atoms with Gasteiger partial charge in [0.2, 0.25) is 5.89 Å². The predicted molar refractivity (Wildman–Crippen MR) is 75.6 cm³/mol. The van der Waals surface area contributed by atoms with Crippen LogP contribution in [-0.2, 0) is 4.74 Å². The average Bonchev–Trinajstić information content (AvgIpc) is 3.06. The average molecular weight is 296 g/mol. The molecule has 0 saturated carbocycles. The Kier molecular flexibility index (Phi) is 3.86. The van der Waals surface area contributed by atoms with E-state index in [0.717, 1.165) is 5.56 Å². The molecule has 2 aromatic heterocycles. The van der Waals surface area contributed by atoms with Gasteiger partial charge in [0.05, 0.1) is 6.20 Å². The number of nitrogens with zero attached hydrogens (tertiary/aromatic N) is 4. The van der Waals surface area contributed by atoms with Gasteiger partial charge in [-0.25, -0.2) is 9.78 Å². The van der Waals surface area contributed by atoms with Gasteiger partial charge in [-0.2, -0.15) is 0 Å². The van der Waals surface area contributed by atoms with Crippen LogP contribution >= 0.6 is 0 Å². The Morgan fingerprint density at radius 1 is 1.18 bits per heavy atom. The zero-order valence-corrected chi connectivity index (χ0v) is 11.7. The summed E-state index contributed by atoms with van der Waals surface area (Å²) in [6.45, 7) is 1.65. The van der Waals surface area contributed by atoms with E-state index in [1.807, 2.05) is 30.3 Å². The van der Waals surface area contributed by atoms with E-state index in [1.165, 1.54) is 18.6 Å². The quantitative estimate of drug-likeness (QED) is 0.683. The van der Waals surface area contributed by atoms with Gasteiger partial charge in [-0.05, 0) is 19.1 Å². The van der Waals surface area contributed by atoms with Gasteiger partial charge in [0.15, 0.2) is 11.8 Å². The molecule has 3 aromatic rings. The van der Waals surface area contributed by atoms with Gasteiger partial charge in [-0.1, -0.05) is 18.2 Å². The number of aromatic nitrogens is 4. The summed E-state index contributed by atoms with van der Waals surface area (Å²) in [4.78, 5) is 19.6. The van der Waals surface area contributed by atoms with Crippen LogP contribution in [0.4, 0.5) is 0 Å². The minimum atomic E-state index is -0.681. The first-order valence-electron chi connectivity index (χ1n) is 6.60. The lowest BCUT2D eigenvalue weighted by atomic mass is 10.2. The zero-order chi connectivity index (χ0) is 15.4. The molecule has 7 heteroatoms. The Balaban J connectivity index is 1.72. The van der Waals surface area contributed by atoms with Crippen molar-refractivity contribution in [2.45, 2.75) is 13.0 Å². The third kappa shape index (κ3) is 2.98. The van der Waals surface area contributed by atoms with Gasteiger partial charge < -0.3 is 9.15 Å². The van der Waals surface area contributed by atoms with Crippen LogP contribution in [0.5, 0.6) is 0 Å². The molecule has 0 fully saturated rings. The highest BCUT2D eigenvalue weighted by molar-refractivity contribution is 5.86. The first-order chi connectivity index (χ1) is 10.7. The summed E-state index contributed by atoms with van der Waals surface area (Å²) in [5.74, 6) is -0.00541. The van der Waals surface area contributed by atoms with Crippen molar-refractivity contribution in [3.63, 3.8) is 0 Å². The van der Waals surface area contributed by atoms with Crippen molar-refractivity contribution in [3.8, 4) is 11.5 Å². The fourth-order valence-electron chi connectivity index (χ4n) is 1.77. The van der Waals surface area contributed by atoms with E-state index in [0.29, 0.717) is 5.89 Å². The van der Waals surface area contributed by atoms with Gasteiger partial charge in [0.25, 0.3) is 5.89 Å². The largest absolute Gasteiger partial charge is 0.448 e. The fourth-order valence-corrected chi connectivity index (χ4v) is 1.77. The van der Waals surface area contributed by atoms with Crippen molar-refractivity contribution in [1.82, 2.24) is 20.2 Å². The Morgan fingerprint density at radius 2 is 2.00 bits per heavy atom. The minimum Gasteiger partial charge on any atom is -0.448 e. The second-order valence-corrected chi connectivity index (χ2v) is 4.45. The summed E-state index contributed by atoms with van der Waals surface area (Å²) in [6, 6.07) is 9.35. The molecule has 22 heavy (non-hydrogen) atoms. The van der Waals surface area contributed by atoms with E-state index < -0.39 is 12.1 Å². The van der Waals surface area contributed by atoms with E-state index in [1.54, 1.807) is 6.92 Å². The molecule has 0 radical (unpaired) electrons. The van der Waals surface area contributed by atoms with Crippen LogP contribution in [-0.4, -0.2) is 26.1 Å². The van der Waals surface area contributed by atoms with Crippen molar-refractivity contribution in [3.05, 3.63) is 60.5 Å². The molecule has 7 nitrogen and oxygen atoms in total. The molecule has 0 amide bonds. The Labute approximate surface area is 126 Å². The van der Waals surface area contributed by atoms with Gasteiger partial charge in [-0.3, -0.25) is 4.98 Å². The highest BCUT2D eigenvalue weighted by Gasteiger charge is 2.20. The highest BCUT2D eigenvalue weighted by atomic mass is 16.6. The summed E-state index contributed by atoms with van der Waals surface area (Å²) >= 11 is 0. The molecule has 0 aliphatic rings. The van der Waals surface area contributed by atoms with Crippen LogP contribution in [0.2, 0.25) is 0 Å². The SMILES string of the molecule is C[C@@H](OC(=O)c1cnccn1)c1nnc(-c2ccccc2)o1. The second-order valence-electron chi connectivity index (χ2n) is 4.45. The summed E-state index contributed by atoms with van der Waals surface area (Å²) in [5.41, 5.74) is 0.922. The summed E-state index contributed by atoms with van der Waals surface area (Å²) in [5, 5.41) is 7.86. The lowest BCUT2D eigenvalue weighted by Crippen LogP contribution is -2.11. The topological polar surface area (TPSA) is 91.0 Å². The molecule has 3 rings (SSSR count). The zero-order valence-electron chi connectivity index (χ0n) is 11.7. The van der Waals surface area contributed by atoms with Crippen LogP contribution in [0.25, 0.3) is 11.5 Å². The molecule has 0 unspecified atom stereocenters. The van der Waals surface area contributed by atoms with Crippen molar-refractivity contribution >= 4 is 5.97 Å². The number of rotatable bonds is 4. The van der Waals surface area contributed by atoms with Crippen LogP contribution in [0.1, 0.15) is 29.4 Å². The predicted octanol–water partition coefficient (Wildman–Crippen LogP) is 2.44. The lowest BCUT2D eigenvalue weighted by molar-refractivity contribution is 0.0272. The molecule has 0 bridgehead atoms. The van der Waals surface area contributed by atoms with Crippen molar-refractivity contribution in [2.24, 2.45) is 0 Å². The number of hydrogen-bond donors (Lipinski definition) is 0.